The van der Waals surface area contributed by atoms with E-state index in [1.54, 1.807) is 54.5 Å². The summed E-state index contributed by atoms with van der Waals surface area (Å²) in [5.41, 5.74) is 1.16. The van der Waals surface area contributed by atoms with Crippen LogP contribution < -0.4 is 14.8 Å². The lowest BCUT2D eigenvalue weighted by molar-refractivity contribution is -0.129. The van der Waals surface area contributed by atoms with Gasteiger partial charge in [-0.05, 0) is 49.2 Å². The van der Waals surface area contributed by atoms with E-state index in [0.29, 0.717) is 46.2 Å². The summed E-state index contributed by atoms with van der Waals surface area (Å²) in [7, 11) is 3.07. The van der Waals surface area contributed by atoms with Crippen LogP contribution in [0, 0.1) is 0 Å². The molecule has 2 saturated heterocycles. The molecule has 1 N–H and O–H groups in total. The molecule has 2 atom stereocenters. The van der Waals surface area contributed by atoms with Gasteiger partial charge < -0.3 is 19.5 Å². The number of nitrogens with zero attached hydrogens (tertiary/aromatic N) is 2. The van der Waals surface area contributed by atoms with Crippen molar-refractivity contribution in [3.63, 3.8) is 0 Å². The summed E-state index contributed by atoms with van der Waals surface area (Å²) >= 11 is 7.27. The highest BCUT2D eigenvalue weighted by Crippen LogP contribution is 2.34. The number of hydrogen-bond donors (Lipinski definition) is 1. The standard InChI is InChI=1S/C24H26ClN3O5S/c1-31-17-9-10-20(32-2)19(12-17)27-22(29)13-21-23(30)28(14-18-4-3-11-33-18)24(34-21)26-16-7-5-15(25)6-8-16/h5-10,12,18,21H,3-4,11,13-14H2,1-2H3,(H,27,29). The largest absolute Gasteiger partial charge is 0.497 e. The number of hydrogen-bond acceptors (Lipinski definition) is 7. The number of amidine groups is 1. The van der Waals surface area contributed by atoms with Gasteiger partial charge in [0.25, 0.3) is 0 Å². The number of aliphatic imine (C=N–C) groups is 1. The van der Waals surface area contributed by atoms with Gasteiger partial charge in [-0.15, -0.1) is 0 Å². The van der Waals surface area contributed by atoms with E-state index in [1.165, 1.54) is 18.9 Å². The van der Waals surface area contributed by atoms with Crippen LogP contribution in [-0.2, 0) is 14.3 Å². The number of benzene rings is 2. The van der Waals surface area contributed by atoms with Crippen molar-refractivity contribution >= 4 is 51.7 Å². The van der Waals surface area contributed by atoms with Gasteiger partial charge in [0, 0.05) is 24.1 Å². The van der Waals surface area contributed by atoms with Crippen LogP contribution in [0.4, 0.5) is 11.4 Å². The van der Waals surface area contributed by atoms with Gasteiger partial charge in [-0.3, -0.25) is 14.5 Å². The summed E-state index contributed by atoms with van der Waals surface area (Å²) in [6.07, 6.45) is 1.82. The van der Waals surface area contributed by atoms with Crippen molar-refractivity contribution in [2.24, 2.45) is 4.99 Å². The number of thioether (sulfide) groups is 1. The Morgan fingerprint density at radius 3 is 2.71 bits per heavy atom. The maximum absolute atomic E-state index is 13.3. The Labute approximate surface area is 207 Å². The smallest absolute Gasteiger partial charge is 0.242 e. The van der Waals surface area contributed by atoms with Gasteiger partial charge in [-0.2, -0.15) is 0 Å². The number of nitrogens with one attached hydrogen (secondary N) is 1. The molecular formula is C24H26ClN3O5S. The molecule has 34 heavy (non-hydrogen) atoms. The normalized spacial score (nSPS) is 21.2. The molecule has 0 aromatic heterocycles. The minimum atomic E-state index is -0.593. The van der Waals surface area contributed by atoms with E-state index in [2.05, 4.69) is 10.3 Å². The molecule has 2 unspecified atom stereocenters. The minimum absolute atomic E-state index is 0.00841. The summed E-state index contributed by atoms with van der Waals surface area (Å²) in [5, 5.41) is 3.41. The highest BCUT2D eigenvalue weighted by atomic mass is 35.5. The molecule has 2 aliphatic rings. The average molecular weight is 504 g/mol. The summed E-state index contributed by atoms with van der Waals surface area (Å²) in [5.74, 6) is 0.635. The van der Waals surface area contributed by atoms with Gasteiger partial charge >= 0.3 is 0 Å². The van der Waals surface area contributed by atoms with Crippen molar-refractivity contribution in [1.29, 1.82) is 0 Å². The highest BCUT2D eigenvalue weighted by molar-refractivity contribution is 8.15. The first-order valence-corrected chi connectivity index (χ1v) is 12.2. The predicted molar refractivity (Wildman–Crippen MR) is 133 cm³/mol. The molecule has 2 aromatic carbocycles. The zero-order valence-electron chi connectivity index (χ0n) is 19.0. The molecule has 0 radical (unpaired) electrons. The van der Waals surface area contributed by atoms with Gasteiger partial charge in [-0.25, -0.2) is 4.99 Å². The van der Waals surface area contributed by atoms with Gasteiger partial charge in [0.1, 0.15) is 16.7 Å². The van der Waals surface area contributed by atoms with E-state index in [4.69, 9.17) is 25.8 Å². The molecule has 2 fully saturated rings. The zero-order valence-corrected chi connectivity index (χ0v) is 20.5. The van der Waals surface area contributed by atoms with E-state index >= 15 is 0 Å². The van der Waals surface area contributed by atoms with Crippen LogP contribution in [-0.4, -0.2) is 60.6 Å². The molecule has 10 heteroatoms. The lowest BCUT2D eigenvalue weighted by atomic mass is 10.2. The number of carbonyl (C=O) groups excluding carboxylic acids is 2. The molecule has 180 valence electrons. The van der Waals surface area contributed by atoms with Crippen molar-refractivity contribution in [3.8, 4) is 11.5 Å². The van der Waals surface area contributed by atoms with E-state index in [0.717, 1.165) is 12.8 Å². The Hall–Kier alpha value is -2.75. The fourth-order valence-electron chi connectivity index (χ4n) is 3.79. The molecule has 4 rings (SSSR count). The summed E-state index contributed by atoms with van der Waals surface area (Å²) < 4.78 is 16.3. The first kappa shape index (κ1) is 24.4. The van der Waals surface area contributed by atoms with Gasteiger partial charge in [0.15, 0.2) is 5.17 Å². The molecule has 0 saturated carbocycles. The molecule has 8 nitrogen and oxygen atoms in total. The van der Waals surface area contributed by atoms with E-state index in [1.807, 2.05) is 0 Å². The van der Waals surface area contributed by atoms with Crippen LogP contribution in [0.15, 0.2) is 47.5 Å². The van der Waals surface area contributed by atoms with Crippen LogP contribution >= 0.6 is 23.4 Å². The van der Waals surface area contributed by atoms with E-state index < -0.39 is 5.25 Å². The van der Waals surface area contributed by atoms with E-state index in [9.17, 15) is 9.59 Å². The van der Waals surface area contributed by atoms with Crippen LogP contribution in [0.3, 0.4) is 0 Å². The fourth-order valence-corrected chi connectivity index (χ4v) is 5.09. The number of methoxy groups -OCH3 is 2. The van der Waals surface area contributed by atoms with Crippen molar-refractivity contribution in [2.75, 3.05) is 32.7 Å². The van der Waals surface area contributed by atoms with Gasteiger partial charge in [-0.1, -0.05) is 23.4 Å². The maximum Gasteiger partial charge on any atom is 0.242 e. The first-order valence-electron chi connectivity index (χ1n) is 10.9. The van der Waals surface area contributed by atoms with Crippen LogP contribution in [0.5, 0.6) is 11.5 Å². The van der Waals surface area contributed by atoms with Crippen molar-refractivity contribution in [1.82, 2.24) is 4.90 Å². The van der Waals surface area contributed by atoms with Crippen molar-refractivity contribution in [3.05, 3.63) is 47.5 Å². The highest BCUT2D eigenvalue weighted by Gasteiger charge is 2.40. The number of amides is 2. The third-order valence-electron chi connectivity index (χ3n) is 5.53. The number of ether oxygens (including phenoxy) is 3. The molecule has 0 bridgehead atoms. The summed E-state index contributed by atoms with van der Waals surface area (Å²) in [6, 6.07) is 12.2. The first-order chi connectivity index (χ1) is 16.5. The zero-order chi connectivity index (χ0) is 24.1. The molecule has 2 heterocycles. The SMILES string of the molecule is COc1ccc(OC)c(NC(=O)CC2SC(=Nc3ccc(Cl)cc3)N(CC3CCCO3)C2=O)c1. The van der Waals surface area contributed by atoms with Gasteiger partial charge in [0.2, 0.25) is 11.8 Å². The van der Waals surface area contributed by atoms with Gasteiger partial charge in [0.05, 0.1) is 38.2 Å². The lowest BCUT2D eigenvalue weighted by Gasteiger charge is -2.20. The monoisotopic (exact) mass is 503 g/mol. The quantitative estimate of drug-likeness (QED) is 0.570. The molecule has 2 aliphatic heterocycles. The second-order valence-corrected chi connectivity index (χ2v) is 9.49. The third-order valence-corrected chi connectivity index (χ3v) is 6.96. The second-order valence-electron chi connectivity index (χ2n) is 7.88. The molecule has 2 aromatic rings. The predicted octanol–water partition coefficient (Wildman–Crippen LogP) is 4.50. The average Bonchev–Trinajstić information content (AvgIpc) is 3.45. The Morgan fingerprint density at radius 2 is 2.03 bits per heavy atom. The number of rotatable bonds is 8. The topological polar surface area (TPSA) is 89.5 Å². The van der Waals surface area contributed by atoms with Crippen LogP contribution in [0.1, 0.15) is 19.3 Å². The van der Waals surface area contributed by atoms with Crippen molar-refractivity contribution < 1.29 is 23.8 Å². The fraction of sp³-hybridized carbons (Fsp3) is 0.375. The van der Waals surface area contributed by atoms with Crippen molar-refractivity contribution in [2.45, 2.75) is 30.6 Å². The van der Waals surface area contributed by atoms with E-state index in [-0.39, 0.29) is 24.3 Å². The second kappa shape index (κ2) is 11.1. The number of anilines is 1. The maximum atomic E-state index is 13.3. The molecular weight excluding hydrogens is 478 g/mol. The van der Waals surface area contributed by atoms with Crippen LogP contribution in [0.25, 0.3) is 0 Å². The lowest BCUT2D eigenvalue weighted by Crippen LogP contribution is -2.38. The molecule has 0 aliphatic carbocycles. The Morgan fingerprint density at radius 1 is 1.24 bits per heavy atom. The Balaban J connectivity index is 1.50. The summed E-state index contributed by atoms with van der Waals surface area (Å²) in [6.45, 7) is 1.11. The third kappa shape index (κ3) is 5.84. The minimum Gasteiger partial charge on any atom is -0.497 e. The number of carbonyl (C=O) groups is 2. The summed E-state index contributed by atoms with van der Waals surface area (Å²) in [4.78, 5) is 32.5. The van der Waals surface area contributed by atoms with Crippen LogP contribution in [0.2, 0.25) is 5.02 Å². The number of halogens is 1. The molecule has 2 amide bonds. The Kier molecular flexibility index (Phi) is 7.97. The molecule has 0 spiro atoms. The Bertz CT molecular complexity index is 1070.